The van der Waals surface area contributed by atoms with Crippen LogP contribution in [-0.2, 0) is 26.5 Å². The third kappa shape index (κ3) is 4.57. The Labute approximate surface area is 194 Å². The molecule has 0 aliphatic carbocycles. The van der Waals surface area contributed by atoms with E-state index in [9.17, 15) is 16.8 Å². The summed E-state index contributed by atoms with van der Waals surface area (Å²) in [6.07, 6.45) is 5.01. The average molecular weight is 484 g/mol. The summed E-state index contributed by atoms with van der Waals surface area (Å²) >= 11 is 0. The van der Waals surface area contributed by atoms with Crippen molar-refractivity contribution in [3.05, 3.63) is 90.4 Å². The van der Waals surface area contributed by atoms with E-state index in [1.165, 1.54) is 18.3 Å². The molecular formula is C24H25N3O4S2. The first-order chi connectivity index (χ1) is 15.7. The fourth-order valence-electron chi connectivity index (χ4n) is 3.80. The number of aromatic nitrogens is 2. The summed E-state index contributed by atoms with van der Waals surface area (Å²) in [7, 11) is -7.98. The number of hydrogen-bond acceptors (Lipinski definition) is 5. The van der Waals surface area contributed by atoms with Gasteiger partial charge in [-0.3, -0.25) is 4.98 Å². The molecule has 7 nitrogen and oxygen atoms in total. The predicted octanol–water partition coefficient (Wildman–Crippen LogP) is 3.92. The minimum atomic E-state index is -3.99. The molecule has 0 amide bonds. The van der Waals surface area contributed by atoms with Gasteiger partial charge in [-0.25, -0.2) is 25.5 Å². The first-order valence-corrected chi connectivity index (χ1v) is 13.5. The monoisotopic (exact) mass is 483 g/mol. The standard InChI is InChI=1S/C24H25N3O4S2/c1-18(2)21-9-6-10-22-24(21)23(17-27(22)33(30,31)20-7-4-3-5-8-20)32(28,29)26-16-13-19-11-14-25-15-12-19/h3-12,14-15,17-18,26H,13,16H2,1-2H3. The van der Waals surface area contributed by atoms with Crippen LogP contribution in [0.4, 0.5) is 0 Å². The van der Waals surface area contributed by atoms with Gasteiger partial charge in [0.1, 0.15) is 4.90 Å². The van der Waals surface area contributed by atoms with Crippen molar-refractivity contribution >= 4 is 30.9 Å². The number of hydrogen-bond donors (Lipinski definition) is 1. The Morgan fingerprint density at radius 1 is 0.909 bits per heavy atom. The van der Waals surface area contributed by atoms with Crippen LogP contribution in [0.2, 0.25) is 0 Å². The lowest BCUT2D eigenvalue weighted by Crippen LogP contribution is -2.26. The zero-order valence-electron chi connectivity index (χ0n) is 18.3. The van der Waals surface area contributed by atoms with Gasteiger partial charge >= 0.3 is 0 Å². The maximum absolute atomic E-state index is 13.4. The second-order valence-electron chi connectivity index (χ2n) is 8.01. The number of rotatable bonds is 8. The maximum Gasteiger partial charge on any atom is 0.268 e. The third-order valence-electron chi connectivity index (χ3n) is 5.46. The summed E-state index contributed by atoms with van der Waals surface area (Å²) in [4.78, 5) is 4.01. The lowest BCUT2D eigenvalue weighted by Gasteiger charge is -2.11. The van der Waals surface area contributed by atoms with Crippen molar-refractivity contribution < 1.29 is 16.8 Å². The molecule has 2 heterocycles. The number of nitrogens with zero attached hydrogens (tertiary/aromatic N) is 2. The summed E-state index contributed by atoms with van der Waals surface area (Å²) < 4.78 is 57.2. The quantitative estimate of drug-likeness (QED) is 0.410. The fraction of sp³-hybridized carbons (Fsp3) is 0.208. The molecule has 4 rings (SSSR count). The van der Waals surface area contributed by atoms with Gasteiger partial charge in [0.05, 0.1) is 10.4 Å². The molecule has 172 valence electrons. The number of nitrogens with one attached hydrogen (secondary N) is 1. The van der Waals surface area contributed by atoms with Crippen molar-refractivity contribution in [2.75, 3.05) is 6.54 Å². The molecule has 4 aromatic rings. The number of fused-ring (bicyclic) bond motifs is 1. The topological polar surface area (TPSA) is 98.1 Å². The first kappa shape index (κ1) is 23.2. The van der Waals surface area contributed by atoms with E-state index in [0.29, 0.717) is 17.3 Å². The molecule has 0 spiro atoms. The normalized spacial score (nSPS) is 12.5. The van der Waals surface area contributed by atoms with Gasteiger partial charge < -0.3 is 0 Å². The van der Waals surface area contributed by atoms with Gasteiger partial charge in [0.25, 0.3) is 10.0 Å². The van der Waals surface area contributed by atoms with Crippen molar-refractivity contribution in [3.8, 4) is 0 Å². The van der Waals surface area contributed by atoms with Gasteiger partial charge in [-0.05, 0) is 53.8 Å². The first-order valence-electron chi connectivity index (χ1n) is 10.5. The van der Waals surface area contributed by atoms with Crippen molar-refractivity contribution in [1.29, 1.82) is 0 Å². The smallest absolute Gasteiger partial charge is 0.265 e. The third-order valence-corrected chi connectivity index (χ3v) is 8.62. The SMILES string of the molecule is CC(C)c1cccc2c1c(S(=O)(=O)NCCc1ccncc1)cn2S(=O)(=O)c1ccccc1. The van der Waals surface area contributed by atoms with E-state index in [-0.39, 0.29) is 22.3 Å². The molecular weight excluding hydrogens is 458 g/mol. The van der Waals surface area contributed by atoms with Gasteiger partial charge in [0, 0.05) is 30.5 Å². The highest BCUT2D eigenvalue weighted by Gasteiger charge is 2.28. The van der Waals surface area contributed by atoms with Crippen LogP contribution in [0.25, 0.3) is 10.9 Å². The van der Waals surface area contributed by atoms with Crippen molar-refractivity contribution in [2.45, 2.75) is 36.0 Å². The largest absolute Gasteiger partial charge is 0.268 e. The zero-order chi connectivity index (χ0) is 23.6. The molecule has 9 heteroatoms. The molecule has 1 N–H and O–H groups in total. The van der Waals surface area contributed by atoms with E-state index in [1.54, 1.807) is 42.7 Å². The summed E-state index contributed by atoms with van der Waals surface area (Å²) in [5, 5.41) is 0.420. The van der Waals surface area contributed by atoms with Crippen molar-refractivity contribution in [3.63, 3.8) is 0 Å². The van der Waals surface area contributed by atoms with E-state index < -0.39 is 20.0 Å². The van der Waals surface area contributed by atoms with E-state index in [1.807, 2.05) is 32.0 Å². The minimum absolute atomic E-state index is 0.00486. The van der Waals surface area contributed by atoms with Crippen LogP contribution in [0.1, 0.15) is 30.9 Å². The zero-order valence-corrected chi connectivity index (χ0v) is 20.0. The van der Waals surface area contributed by atoms with E-state index in [0.717, 1.165) is 15.1 Å². The van der Waals surface area contributed by atoms with Crippen LogP contribution in [-0.4, -0.2) is 32.3 Å². The molecule has 0 atom stereocenters. The molecule has 0 saturated heterocycles. The number of pyridine rings is 1. The van der Waals surface area contributed by atoms with E-state index in [4.69, 9.17) is 0 Å². The fourth-order valence-corrected chi connectivity index (χ4v) is 6.51. The molecule has 0 aliphatic rings. The van der Waals surface area contributed by atoms with Crippen LogP contribution in [0.3, 0.4) is 0 Å². The van der Waals surface area contributed by atoms with Gasteiger partial charge in [-0.15, -0.1) is 0 Å². The molecule has 33 heavy (non-hydrogen) atoms. The van der Waals surface area contributed by atoms with Gasteiger partial charge in [-0.1, -0.05) is 44.2 Å². The number of sulfonamides is 1. The molecule has 0 bridgehead atoms. The lowest BCUT2D eigenvalue weighted by molar-refractivity contribution is 0.582. The molecule has 0 unspecified atom stereocenters. The maximum atomic E-state index is 13.4. The second kappa shape index (κ2) is 9.09. The van der Waals surface area contributed by atoms with Gasteiger partial charge in [-0.2, -0.15) is 0 Å². The Hall–Kier alpha value is -3.01. The molecule has 0 radical (unpaired) electrons. The summed E-state index contributed by atoms with van der Waals surface area (Å²) in [6, 6.07) is 16.9. The number of benzene rings is 2. The molecule has 0 aliphatic heterocycles. The summed E-state index contributed by atoms with van der Waals surface area (Å²) in [6.45, 7) is 4.07. The second-order valence-corrected chi connectivity index (χ2v) is 11.6. The highest BCUT2D eigenvalue weighted by Crippen LogP contribution is 2.34. The highest BCUT2D eigenvalue weighted by atomic mass is 32.2. The summed E-state index contributed by atoms with van der Waals surface area (Å²) in [5.41, 5.74) is 2.05. The average Bonchev–Trinajstić information content (AvgIpc) is 3.22. The van der Waals surface area contributed by atoms with E-state index in [2.05, 4.69) is 9.71 Å². The Balaban J connectivity index is 1.82. The van der Waals surface area contributed by atoms with Crippen molar-refractivity contribution in [2.24, 2.45) is 0 Å². The van der Waals surface area contributed by atoms with Crippen LogP contribution < -0.4 is 4.72 Å². The molecule has 0 saturated carbocycles. The van der Waals surface area contributed by atoms with Crippen LogP contribution in [0.5, 0.6) is 0 Å². The van der Waals surface area contributed by atoms with Gasteiger partial charge in [0.2, 0.25) is 10.0 Å². The van der Waals surface area contributed by atoms with Crippen LogP contribution in [0.15, 0.2) is 89.0 Å². The minimum Gasteiger partial charge on any atom is -0.265 e. The Bertz CT molecular complexity index is 1480. The van der Waals surface area contributed by atoms with Crippen molar-refractivity contribution in [1.82, 2.24) is 13.7 Å². The Morgan fingerprint density at radius 2 is 1.61 bits per heavy atom. The summed E-state index contributed by atoms with van der Waals surface area (Å²) in [5.74, 6) is -0.00486. The molecule has 2 aromatic carbocycles. The highest BCUT2D eigenvalue weighted by molar-refractivity contribution is 7.91. The predicted molar refractivity (Wildman–Crippen MR) is 128 cm³/mol. The molecule has 2 aromatic heterocycles. The lowest BCUT2D eigenvalue weighted by atomic mass is 9.99. The van der Waals surface area contributed by atoms with Crippen LogP contribution in [0, 0.1) is 0 Å². The Morgan fingerprint density at radius 3 is 2.27 bits per heavy atom. The van der Waals surface area contributed by atoms with Crippen LogP contribution >= 0.6 is 0 Å². The van der Waals surface area contributed by atoms with Gasteiger partial charge in [0.15, 0.2) is 0 Å². The Kier molecular flexibility index (Phi) is 6.38. The van der Waals surface area contributed by atoms with E-state index >= 15 is 0 Å². The molecule has 0 fully saturated rings.